The van der Waals surface area contributed by atoms with E-state index in [9.17, 15) is 9.59 Å². The highest BCUT2D eigenvalue weighted by Gasteiger charge is 2.25. The number of nitrogens with zero attached hydrogens (tertiary/aromatic N) is 5. The Balaban J connectivity index is 1.34. The van der Waals surface area contributed by atoms with Gasteiger partial charge in [-0.1, -0.05) is 12.1 Å². The van der Waals surface area contributed by atoms with E-state index in [1.54, 1.807) is 22.0 Å². The number of pyridine rings is 1. The molecule has 2 amide bonds. The second-order valence-corrected chi connectivity index (χ2v) is 9.70. The molecular weight excluding hydrogens is 460 g/mol. The lowest BCUT2D eigenvalue weighted by Gasteiger charge is -2.29. The third kappa shape index (κ3) is 4.72. The van der Waals surface area contributed by atoms with Crippen molar-refractivity contribution in [1.82, 2.24) is 19.7 Å². The summed E-state index contributed by atoms with van der Waals surface area (Å²) in [6.45, 7) is 6.32. The third-order valence-corrected chi connectivity index (χ3v) is 6.79. The molecule has 9 heteroatoms. The van der Waals surface area contributed by atoms with E-state index in [1.165, 1.54) is 11.3 Å². The summed E-state index contributed by atoms with van der Waals surface area (Å²) in [5.74, 6) is -0.116. The molecule has 4 aromatic rings. The molecule has 178 valence electrons. The lowest BCUT2D eigenvalue weighted by molar-refractivity contribution is -0.119. The minimum Gasteiger partial charge on any atom is -0.306 e. The van der Waals surface area contributed by atoms with Gasteiger partial charge in [-0.3, -0.25) is 24.6 Å². The summed E-state index contributed by atoms with van der Waals surface area (Å²) >= 11 is 1.38. The largest absolute Gasteiger partial charge is 0.306 e. The maximum atomic E-state index is 12.8. The standard InChI is InChI=1S/C26H26N6O2S/c1-16(2)32-14-21(17(3)30-32)25(34)29-26-28-22(15-35-26)18-7-9-23-19(12-18)8-10-24(33)31(23)13-20-6-4-5-11-27-20/h4-7,9,11-12,14-16H,8,10,13H2,1-3H3,(H,28,29,34). The van der Waals surface area contributed by atoms with Crippen LogP contribution < -0.4 is 10.2 Å². The van der Waals surface area contributed by atoms with Crippen molar-refractivity contribution in [3.05, 3.63) is 76.7 Å². The van der Waals surface area contributed by atoms with E-state index in [0.29, 0.717) is 35.8 Å². The Kier molecular flexibility index (Phi) is 6.17. The first-order valence-electron chi connectivity index (χ1n) is 11.5. The fourth-order valence-corrected chi connectivity index (χ4v) is 4.86. The Morgan fingerprint density at radius 2 is 2.06 bits per heavy atom. The average Bonchev–Trinajstić information content (AvgIpc) is 3.48. The molecule has 1 N–H and O–H groups in total. The molecule has 35 heavy (non-hydrogen) atoms. The molecule has 0 saturated carbocycles. The Labute approximate surface area is 207 Å². The normalized spacial score (nSPS) is 13.3. The number of thiazole rings is 1. The number of carbonyl (C=O) groups excluding carboxylic acids is 2. The number of carbonyl (C=O) groups is 2. The lowest BCUT2D eigenvalue weighted by Crippen LogP contribution is -2.34. The highest BCUT2D eigenvalue weighted by Crippen LogP contribution is 2.34. The maximum absolute atomic E-state index is 12.8. The first-order chi connectivity index (χ1) is 16.9. The second-order valence-electron chi connectivity index (χ2n) is 8.84. The van der Waals surface area contributed by atoms with E-state index >= 15 is 0 Å². The van der Waals surface area contributed by atoms with Crippen LogP contribution in [0.2, 0.25) is 0 Å². The van der Waals surface area contributed by atoms with Gasteiger partial charge in [-0.15, -0.1) is 11.3 Å². The summed E-state index contributed by atoms with van der Waals surface area (Å²) in [6, 6.07) is 11.9. The van der Waals surface area contributed by atoms with Crippen molar-refractivity contribution in [2.45, 2.75) is 46.2 Å². The fraction of sp³-hybridized carbons (Fsp3) is 0.269. The number of nitrogens with one attached hydrogen (secondary N) is 1. The van der Waals surface area contributed by atoms with Crippen molar-refractivity contribution in [2.75, 3.05) is 10.2 Å². The second kappa shape index (κ2) is 9.42. The van der Waals surface area contributed by atoms with E-state index in [1.807, 2.05) is 56.5 Å². The van der Waals surface area contributed by atoms with Gasteiger partial charge in [-0.05, 0) is 57.0 Å². The minimum absolute atomic E-state index is 0.102. The SMILES string of the molecule is Cc1nn(C(C)C)cc1C(=O)Nc1nc(-c2ccc3c(c2)CCC(=O)N3Cc2ccccn2)cs1. The molecule has 1 aliphatic heterocycles. The molecule has 1 aromatic carbocycles. The summed E-state index contributed by atoms with van der Waals surface area (Å²) in [5, 5.41) is 9.78. The molecule has 0 unspecified atom stereocenters. The molecule has 3 aromatic heterocycles. The zero-order valence-corrected chi connectivity index (χ0v) is 20.7. The number of aryl methyl sites for hydroxylation is 2. The van der Waals surface area contributed by atoms with Gasteiger partial charge in [-0.25, -0.2) is 4.98 Å². The number of rotatable bonds is 6. The molecule has 1 aliphatic rings. The van der Waals surface area contributed by atoms with Gasteiger partial charge >= 0.3 is 0 Å². The van der Waals surface area contributed by atoms with Crippen LogP contribution in [0.1, 0.15) is 53.6 Å². The van der Waals surface area contributed by atoms with E-state index in [2.05, 4.69) is 26.4 Å². The van der Waals surface area contributed by atoms with Crippen molar-refractivity contribution in [1.29, 1.82) is 0 Å². The van der Waals surface area contributed by atoms with E-state index < -0.39 is 0 Å². The Morgan fingerprint density at radius 1 is 1.20 bits per heavy atom. The van der Waals surface area contributed by atoms with Gasteiger partial charge in [0.25, 0.3) is 5.91 Å². The molecule has 0 radical (unpaired) electrons. The molecule has 5 rings (SSSR count). The van der Waals surface area contributed by atoms with Gasteiger partial charge < -0.3 is 4.90 Å². The van der Waals surface area contributed by atoms with Crippen molar-refractivity contribution in [3.63, 3.8) is 0 Å². The van der Waals surface area contributed by atoms with E-state index in [-0.39, 0.29) is 17.9 Å². The Hall–Kier alpha value is -3.85. The number of benzene rings is 1. The Bertz CT molecular complexity index is 1390. The summed E-state index contributed by atoms with van der Waals surface area (Å²) in [4.78, 5) is 36.2. The predicted molar refractivity (Wildman–Crippen MR) is 137 cm³/mol. The van der Waals surface area contributed by atoms with Crippen LogP contribution >= 0.6 is 11.3 Å². The first kappa shape index (κ1) is 22.9. The summed E-state index contributed by atoms with van der Waals surface area (Å²) in [6.07, 6.45) is 4.66. The summed E-state index contributed by atoms with van der Waals surface area (Å²) < 4.78 is 1.78. The van der Waals surface area contributed by atoms with Crippen LogP contribution in [0, 0.1) is 6.92 Å². The lowest BCUT2D eigenvalue weighted by atomic mass is 9.97. The van der Waals surface area contributed by atoms with Crippen LogP contribution in [0.15, 0.2) is 54.2 Å². The van der Waals surface area contributed by atoms with Crippen LogP contribution in [-0.4, -0.2) is 31.6 Å². The number of hydrogen-bond donors (Lipinski definition) is 1. The summed E-state index contributed by atoms with van der Waals surface area (Å²) in [5.41, 5.74) is 5.85. The number of aromatic nitrogens is 4. The van der Waals surface area contributed by atoms with Crippen molar-refractivity contribution in [3.8, 4) is 11.3 Å². The Morgan fingerprint density at radius 3 is 2.80 bits per heavy atom. The highest BCUT2D eigenvalue weighted by molar-refractivity contribution is 7.14. The smallest absolute Gasteiger partial charge is 0.260 e. The van der Waals surface area contributed by atoms with Gasteiger partial charge in [-0.2, -0.15) is 5.10 Å². The molecule has 0 spiro atoms. The van der Waals surface area contributed by atoms with E-state index in [0.717, 1.165) is 28.2 Å². The van der Waals surface area contributed by atoms with Crippen LogP contribution in [0.25, 0.3) is 11.3 Å². The molecule has 8 nitrogen and oxygen atoms in total. The molecule has 0 saturated heterocycles. The molecule has 0 fully saturated rings. The quantitative estimate of drug-likeness (QED) is 0.413. The van der Waals surface area contributed by atoms with Crippen molar-refractivity contribution < 1.29 is 9.59 Å². The minimum atomic E-state index is -0.218. The zero-order valence-electron chi connectivity index (χ0n) is 19.9. The number of hydrogen-bond acceptors (Lipinski definition) is 6. The third-order valence-electron chi connectivity index (χ3n) is 6.04. The van der Waals surface area contributed by atoms with Gasteiger partial charge in [0.1, 0.15) is 0 Å². The van der Waals surface area contributed by atoms with Crippen LogP contribution in [-0.2, 0) is 17.8 Å². The van der Waals surface area contributed by atoms with E-state index in [4.69, 9.17) is 0 Å². The van der Waals surface area contributed by atoms with Gasteiger partial charge in [0.05, 0.1) is 29.2 Å². The van der Waals surface area contributed by atoms with Crippen LogP contribution in [0.3, 0.4) is 0 Å². The molecular formula is C26H26N6O2S. The topological polar surface area (TPSA) is 93.0 Å². The maximum Gasteiger partial charge on any atom is 0.260 e. The van der Waals surface area contributed by atoms with Gasteiger partial charge in [0.2, 0.25) is 5.91 Å². The zero-order chi connectivity index (χ0) is 24.5. The fourth-order valence-electron chi connectivity index (χ4n) is 4.14. The van der Waals surface area contributed by atoms with Crippen molar-refractivity contribution >= 4 is 34.0 Å². The van der Waals surface area contributed by atoms with Crippen LogP contribution in [0.4, 0.5) is 10.8 Å². The number of fused-ring (bicyclic) bond motifs is 1. The molecule has 0 bridgehead atoms. The first-order valence-corrected chi connectivity index (χ1v) is 12.4. The van der Waals surface area contributed by atoms with Gasteiger partial charge in [0.15, 0.2) is 5.13 Å². The molecule has 0 aliphatic carbocycles. The highest BCUT2D eigenvalue weighted by atomic mass is 32.1. The monoisotopic (exact) mass is 486 g/mol. The number of anilines is 2. The summed E-state index contributed by atoms with van der Waals surface area (Å²) in [7, 11) is 0. The van der Waals surface area contributed by atoms with Gasteiger partial charge in [0, 0.05) is 41.5 Å². The molecule has 0 atom stereocenters. The van der Waals surface area contributed by atoms with Crippen molar-refractivity contribution in [2.24, 2.45) is 0 Å². The number of amides is 2. The van der Waals surface area contributed by atoms with Crippen LogP contribution in [0.5, 0.6) is 0 Å². The molecule has 4 heterocycles. The predicted octanol–water partition coefficient (Wildman–Crippen LogP) is 5.02. The average molecular weight is 487 g/mol.